The van der Waals surface area contributed by atoms with Gasteiger partial charge in [-0.2, -0.15) is 0 Å². The van der Waals surface area contributed by atoms with E-state index >= 15 is 0 Å². The van der Waals surface area contributed by atoms with Crippen molar-refractivity contribution in [2.24, 2.45) is 0 Å². The molecule has 0 spiro atoms. The predicted octanol–water partition coefficient (Wildman–Crippen LogP) is 1.76. The Morgan fingerprint density at radius 1 is 1.69 bits per heavy atom. The summed E-state index contributed by atoms with van der Waals surface area (Å²) < 4.78 is 31.4. The van der Waals surface area contributed by atoms with Crippen LogP contribution in [-0.2, 0) is 9.53 Å². The van der Waals surface area contributed by atoms with Crippen molar-refractivity contribution in [1.29, 1.82) is 0 Å². The molecule has 2 atom stereocenters. The third-order valence-corrected chi connectivity index (χ3v) is 3.74. The lowest BCUT2D eigenvalue weighted by Gasteiger charge is -2.28. The molecule has 2 aliphatic heterocycles. The van der Waals surface area contributed by atoms with E-state index in [-0.39, 0.29) is 6.42 Å². The lowest BCUT2D eigenvalue weighted by atomic mass is 9.92. The Kier molecular flexibility index (Phi) is 2.51. The van der Waals surface area contributed by atoms with E-state index in [1.165, 1.54) is 12.0 Å². The number of esters is 1. The summed E-state index contributed by atoms with van der Waals surface area (Å²) in [6.45, 7) is 3.18. The van der Waals surface area contributed by atoms with Crippen molar-refractivity contribution in [2.75, 3.05) is 13.7 Å². The van der Waals surface area contributed by atoms with Gasteiger partial charge in [0.2, 0.25) is 0 Å². The number of ether oxygens (including phenoxy) is 1. The summed E-state index contributed by atoms with van der Waals surface area (Å²) in [5, 5.41) is 0. The summed E-state index contributed by atoms with van der Waals surface area (Å²) in [4.78, 5) is 13.0. The van der Waals surface area contributed by atoms with Gasteiger partial charge in [0.15, 0.2) is 0 Å². The Hall–Kier alpha value is -0.680. The largest absolute Gasteiger partial charge is 0.468 e. The second-order valence-electron chi connectivity index (χ2n) is 4.35. The zero-order valence-corrected chi connectivity index (χ0v) is 9.56. The Bertz CT molecular complexity index is 361. The molecule has 2 rings (SSSR count). The number of fused-ring (bicyclic) bond motifs is 1. The van der Waals surface area contributed by atoms with E-state index in [1.54, 1.807) is 0 Å². The van der Waals surface area contributed by atoms with Crippen LogP contribution in [0.5, 0.6) is 0 Å². The molecular formula is C10H12ClF2NO2. The first kappa shape index (κ1) is 11.8. The van der Waals surface area contributed by atoms with Crippen LogP contribution in [0.2, 0.25) is 0 Å². The normalized spacial score (nSPS) is 37.5. The fourth-order valence-electron chi connectivity index (χ4n) is 2.58. The molecule has 0 bridgehead atoms. The van der Waals surface area contributed by atoms with Crippen LogP contribution >= 0.6 is 11.6 Å². The third kappa shape index (κ3) is 1.45. The van der Waals surface area contributed by atoms with Gasteiger partial charge in [-0.05, 0) is 5.57 Å². The van der Waals surface area contributed by atoms with E-state index < -0.39 is 35.9 Å². The van der Waals surface area contributed by atoms with E-state index in [1.807, 2.05) is 0 Å². The van der Waals surface area contributed by atoms with Gasteiger partial charge in [0.1, 0.15) is 11.0 Å². The number of rotatable bonds is 1. The predicted molar refractivity (Wildman–Crippen MR) is 54.4 cm³/mol. The molecule has 2 aliphatic rings. The minimum Gasteiger partial charge on any atom is -0.468 e. The molecule has 90 valence electrons. The zero-order chi connectivity index (χ0) is 12.1. The number of alkyl halides is 3. The SMILES string of the molecule is C=C1CC2(C(=O)OC)CC(F)(F)CN2C1Cl. The quantitative estimate of drug-likeness (QED) is 0.308. The number of carbonyl (C=O) groups is 1. The molecule has 0 aromatic rings. The summed E-state index contributed by atoms with van der Waals surface area (Å²) in [5.41, 5.74) is -1.45. The van der Waals surface area contributed by atoms with Gasteiger partial charge in [0, 0.05) is 12.8 Å². The highest BCUT2D eigenvalue weighted by Crippen LogP contribution is 2.51. The lowest BCUT2D eigenvalue weighted by molar-refractivity contribution is -0.152. The molecule has 0 aromatic carbocycles. The van der Waals surface area contributed by atoms with Crippen LogP contribution in [-0.4, -0.2) is 41.5 Å². The average molecular weight is 252 g/mol. The van der Waals surface area contributed by atoms with Crippen LogP contribution in [0.25, 0.3) is 0 Å². The van der Waals surface area contributed by atoms with E-state index in [9.17, 15) is 13.6 Å². The fraction of sp³-hybridized carbons (Fsp3) is 0.700. The summed E-state index contributed by atoms with van der Waals surface area (Å²) in [6, 6.07) is 0. The lowest BCUT2D eigenvalue weighted by Crippen LogP contribution is -2.48. The molecule has 2 unspecified atom stereocenters. The summed E-state index contributed by atoms with van der Waals surface area (Å²) in [5.74, 6) is -3.56. The van der Waals surface area contributed by atoms with E-state index in [4.69, 9.17) is 11.6 Å². The van der Waals surface area contributed by atoms with Gasteiger partial charge in [0.05, 0.1) is 13.7 Å². The topological polar surface area (TPSA) is 29.5 Å². The molecule has 2 fully saturated rings. The van der Waals surface area contributed by atoms with Crippen LogP contribution in [0.3, 0.4) is 0 Å². The Morgan fingerprint density at radius 2 is 2.31 bits per heavy atom. The molecule has 0 radical (unpaired) electrons. The van der Waals surface area contributed by atoms with Crippen LogP contribution in [0.4, 0.5) is 8.78 Å². The van der Waals surface area contributed by atoms with E-state index in [2.05, 4.69) is 11.3 Å². The Labute approximate surface area is 97.0 Å². The maximum atomic E-state index is 13.4. The van der Waals surface area contributed by atoms with Crippen molar-refractivity contribution in [3.8, 4) is 0 Å². The minimum atomic E-state index is -2.90. The van der Waals surface area contributed by atoms with Gasteiger partial charge >= 0.3 is 5.97 Å². The van der Waals surface area contributed by atoms with Gasteiger partial charge in [-0.15, -0.1) is 11.6 Å². The van der Waals surface area contributed by atoms with Crippen molar-refractivity contribution < 1.29 is 18.3 Å². The molecule has 2 heterocycles. The second kappa shape index (κ2) is 3.40. The van der Waals surface area contributed by atoms with Gasteiger partial charge in [-0.3, -0.25) is 9.69 Å². The monoisotopic (exact) mass is 251 g/mol. The molecule has 0 saturated carbocycles. The highest BCUT2D eigenvalue weighted by Gasteiger charge is 2.65. The number of carbonyl (C=O) groups excluding carboxylic acids is 1. The highest BCUT2D eigenvalue weighted by molar-refractivity contribution is 6.22. The molecule has 0 N–H and O–H groups in total. The van der Waals surface area contributed by atoms with Crippen molar-refractivity contribution >= 4 is 17.6 Å². The molecule has 3 nitrogen and oxygen atoms in total. The highest BCUT2D eigenvalue weighted by atomic mass is 35.5. The molecule has 0 amide bonds. The molecule has 6 heteroatoms. The molecule has 0 aromatic heterocycles. The van der Waals surface area contributed by atoms with E-state index in [0.717, 1.165) is 0 Å². The summed E-state index contributed by atoms with van der Waals surface area (Å²) in [6.07, 6.45) is -0.404. The van der Waals surface area contributed by atoms with Gasteiger partial charge in [-0.1, -0.05) is 6.58 Å². The molecular weight excluding hydrogens is 240 g/mol. The maximum Gasteiger partial charge on any atom is 0.326 e. The van der Waals surface area contributed by atoms with Crippen LogP contribution in [0.1, 0.15) is 12.8 Å². The Morgan fingerprint density at radius 3 is 2.88 bits per heavy atom. The second-order valence-corrected chi connectivity index (χ2v) is 4.77. The number of hydrogen-bond acceptors (Lipinski definition) is 3. The van der Waals surface area contributed by atoms with Gasteiger partial charge in [-0.25, -0.2) is 8.78 Å². The number of nitrogens with zero attached hydrogens (tertiary/aromatic N) is 1. The van der Waals surface area contributed by atoms with Crippen molar-refractivity contribution in [3.05, 3.63) is 12.2 Å². The van der Waals surface area contributed by atoms with Gasteiger partial charge < -0.3 is 4.74 Å². The zero-order valence-electron chi connectivity index (χ0n) is 8.80. The summed E-state index contributed by atoms with van der Waals surface area (Å²) in [7, 11) is 1.19. The number of methoxy groups -OCH3 is 1. The van der Waals surface area contributed by atoms with Gasteiger partial charge in [0.25, 0.3) is 5.92 Å². The molecule has 0 aliphatic carbocycles. The van der Waals surface area contributed by atoms with Crippen LogP contribution in [0, 0.1) is 0 Å². The average Bonchev–Trinajstić information content (AvgIpc) is 2.58. The number of hydrogen-bond donors (Lipinski definition) is 0. The smallest absolute Gasteiger partial charge is 0.326 e. The molecule has 2 saturated heterocycles. The standard InChI is InChI=1S/C10H12ClF2NO2/c1-6-3-9(8(15)16-2)4-10(12,13)5-14(9)7(6)11/h7H,1,3-5H2,2H3. The third-order valence-electron chi connectivity index (χ3n) is 3.20. The first-order chi connectivity index (χ1) is 7.32. The van der Waals surface area contributed by atoms with Crippen molar-refractivity contribution in [1.82, 2.24) is 4.90 Å². The number of halogens is 3. The van der Waals surface area contributed by atoms with Crippen molar-refractivity contribution in [2.45, 2.75) is 29.8 Å². The van der Waals surface area contributed by atoms with E-state index in [0.29, 0.717) is 5.57 Å². The van der Waals surface area contributed by atoms with Crippen LogP contribution in [0.15, 0.2) is 12.2 Å². The summed E-state index contributed by atoms with van der Waals surface area (Å²) >= 11 is 5.97. The first-order valence-corrected chi connectivity index (χ1v) is 5.31. The maximum absolute atomic E-state index is 13.4. The Balaban J connectivity index is 2.40. The minimum absolute atomic E-state index is 0.142. The fourth-order valence-corrected chi connectivity index (χ4v) is 2.91. The first-order valence-electron chi connectivity index (χ1n) is 4.87. The van der Waals surface area contributed by atoms with Crippen molar-refractivity contribution in [3.63, 3.8) is 0 Å². The van der Waals surface area contributed by atoms with Crippen LogP contribution < -0.4 is 0 Å². The molecule has 16 heavy (non-hydrogen) atoms.